The molecule has 0 amide bonds. The van der Waals surface area contributed by atoms with E-state index in [0.29, 0.717) is 0 Å². The molecule has 26 heavy (non-hydrogen) atoms. The van der Waals surface area contributed by atoms with E-state index in [1.165, 1.54) is 0 Å². The number of benzene rings is 1. The minimum Gasteiger partial charge on any atom is -0.314 e. The van der Waals surface area contributed by atoms with Gasteiger partial charge in [-0.2, -0.15) is 39.5 Å². The van der Waals surface area contributed by atoms with Crippen LogP contribution in [0.3, 0.4) is 0 Å². The summed E-state index contributed by atoms with van der Waals surface area (Å²) in [4.78, 5) is 0.786. The summed E-state index contributed by atoms with van der Waals surface area (Å²) in [6.45, 7) is -0.0892. The summed E-state index contributed by atoms with van der Waals surface area (Å²) in [5.41, 5.74) is -4.80. The first-order valence-corrected chi connectivity index (χ1v) is 7.11. The number of hydrogen-bond donors (Lipinski definition) is 1. The largest absolute Gasteiger partial charge is 0.416 e. The van der Waals surface area contributed by atoms with Crippen molar-refractivity contribution in [3.05, 3.63) is 34.9 Å². The van der Waals surface area contributed by atoms with E-state index in [0.717, 1.165) is 4.90 Å². The van der Waals surface area contributed by atoms with Gasteiger partial charge in [-0.15, -0.1) is 12.4 Å². The van der Waals surface area contributed by atoms with Crippen molar-refractivity contribution in [2.75, 3.05) is 26.2 Å². The summed E-state index contributed by atoms with van der Waals surface area (Å²) in [5, 5.41) is 2.77. The number of nitrogens with zero attached hydrogens (tertiary/aromatic N) is 1. The van der Waals surface area contributed by atoms with Crippen LogP contribution in [0.5, 0.6) is 0 Å². The third-order valence-electron chi connectivity index (χ3n) is 3.81. The molecular weight excluding hydrogens is 403 g/mol. The molecule has 12 heteroatoms. The number of rotatable bonds is 2. The predicted molar refractivity (Wildman–Crippen MR) is 76.9 cm³/mol. The first-order chi connectivity index (χ1) is 11.3. The van der Waals surface area contributed by atoms with Gasteiger partial charge in [0.25, 0.3) is 0 Å². The highest BCUT2D eigenvalue weighted by Crippen LogP contribution is 2.45. The molecule has 1 atom stereocenters. The normalized spacial score (nSPS) is 18.3. The van der Waals surface area contributed by atoms with E-state index in [4.69, 9.17) is 0 Å². The van der Waals surface area contributed by atoms with Gasteiger partial charge in [0.15, 0.2) is 0 Å². The molecule has 0 unspecified atom stereocenters. The van der Waals surface area contributed by atoms with Gasteiger partial charge >= 0.3 is 18.5 Å². The first-order valence-electron chi connectivity index (χ1n) is 7.11. The molecule has 1 heterocycles. The Kier molecular flexibility index (Phi) is 6.86. The van der Waals surface area contributed by atoms with Gasteiger partial charge in [-0.05, 0) is 17.7 Å². The lowest BCUT2D eigenvalue weighted by Gasteiger charge is -2.37. The van der Waals surface area contributed by atoms with Crippen LogP contribution in [0.1, 0.15) is 22.7 Å². The molecule has 0 radical (unpaired) electrons. The summed E-state index contributed by atoms with van der Waals surface area (Å²) >= 11 is 0. The zero-order valence-electron chi connectivity index (χ0n) is 12.9. The monoisotopic (exact) mass is 416 g/mol. The highest BCUT2D eigenvalue weighted by Gasteiger charge is 2.49. The number of halogens is 10. The van der Waals surface area contributed by atoms with E-state index in [1.807, 2.05) is 0 Å². The summed E-state index contributed by atoms with van der Waals surface area (Å²) < 4.78 is 118. The van der Waals surface area contributed by atoms with Gasteiger partial charge in [-0.3, -0.25) is 4.90 Å². The van der Waals surface area contributed by atoms with Crippen molar-refractivity contribution in [2.45, 2.75) is 24.6 Å². The molecule has 2 nitrogen and oxygen atoms in total. The van der Waals surface area contributed by atoms with Crippen molar-refractivity contribution in [2.24, 2.45) is 0 Å². The number of hydrogen-bond acceptors (Lipinski definition) is 2. The molecule has 1 aromatic carbocycles. The van der Waals surface area contributed by atoms with Crippen LogP contribution in [-0.4, -0.2) is 37.3 Å². The van der Waals surface area contributed by atoms with Crippen LogP contribution in [0, 0.1) is 0 Å². The number of piperazine rings is 1. The van der Waals surface area contributed by atoms with E-state index in [9.17, 15) is 39.5 Å². The second-order valence-corrected chi connectivity index (χ2v) is 5.53. The fourth-order valence-electron chi connectivity index (χ4n) is 2.74. The van der Waals surface area contributed by atoms with Crippen LogP contribution in [0.4, 0.5) is 39.5 Å². The lowest BCUT2D eigenvalue weighted by atomic mass is 9.95. The number of alkyl halides is 9. The molecule has 0 spiro atoms. The van der Waals surface area contributed by atoms with Crippen molar-refractivity contribution in [1.29, 1.82) is 0 Å². The standard InChI is InChI=1S/C14H13F9N2.ClH/c15-12(16,17)8-1-2-9(10(7-8)13(18,19)20)11(14(21,22)23)25-5-3-24-4-6-25;/h1-2,7,11,24H,3-6H2;1H/t11-;/m1./s1. The van der Waals surface area contributed by atoms with Gasteiger partial charge in [0.1, 0.15) is 6.04 Å². The van der Waals surface area contributed by atoms with Gasteiger partial charge in [0, 0.05) is 26.2 Å². The topological polar surface area (TPSA) is 15.3 Å². The van der Waals surface area contributed by atoms with Crippen LogP contribution in [0.25, 0.3) is 0 Å². The maximum Gasteiger partial charge on any atom is 0.416 e. The molecule has 0 saturated carbocycles. The van der Waals surface area contributed by atoms with E-state index in [2.05, 4.69) is 5.32 Å². The lowest BCUT2D eigenvalue weighted by molar-refractivity contribution is -0.190. The Hall–Kier alpha value is -1.20. The molecule has 1 N–H and O–H groups in total. The van der Waals surface area contributed by atoms with Crippen LogP contribution >= 0.6 is 12.4 Å². The highest BCUT2D eigenvalue weighted by atomic mass is 35.5. The van der Waals surface area contributed by atoms with Crippen molar-refractivity contribution in [3.8, 4) is 0 Å². The third kappa shape index (κ3) is 5.17. The van der Waals surface area contributed by atoms with E-state index in [-0.39, 0.29) is 56.8 Å². The third-order valence-corrected chi connectivity index (χ3v) is 3.81. The molecule has 1 aliphatic rings. The van der Waals surface area contributed by atoms with Crippen molar-refractivity contribution in [3.63, 3.8) is 0 Å². The Bertz CT molecular complexity index is 604. The highest BCUT2D eigenvalue weighted by molar-refractivity contribution is 5.85. The Morgan fingerprint density at radius 3 is 1.81 bits per heavy atom. The van der Waals surface area contributed by atoms with Crippen molar-refractivity contribution >= 4 is 12.4 Å². The summed E-state index contributed by atoms with van der Waals surface area (Å²) in [6, 6.07) is -2.39. The summed E-state index contributed by atoms with van der Waals surface area (Å²) in [6.07, 6.45) is -15.5. The molecular formula is C14H14ClF9N2. The van der Waals surface area contributed by atoms with E-state index >= 15 is 0 Å². The second kappa shape index (κ2) is 7.81. The Morgan fingerprint density at radius 1 is 0.846 bits per heavy atom. The molecule has 0 aliphatic carbocycles. The molecule has 1 fully saturated rings. The molecule has 1 saturated heterocycles. The molecule has 1 aliphatic heterocycles. The van der Waals surface area contributed by atoms with Crippen LogP contribution in [-0.2, 0) is 12.4 Å². The minimum atomic E-state index is -5.35. The van der Waals surface area contributed by atoms with Gasteiger partial charge in [0.05, 0.1) is 11.1 Å². The van der Waals surface area contributed by atoms with E-state index < -0.39 is 41.3 Å². The average Bonchev–Trinajstić information content (AvgIpc) is 2.45. The minimum absolute atomic E-state index is 0. The second-order valence-electron chi connectivity index (χ2n) is 5.53. The Labute approximate surface area is 148 Å². The fraction of sp³-hybridized carbons (Fsp3) is 0.571. The van der Waals surface area contributed by atoms with Crippen molar-refractivity contribution < 1.29 is 39.5 Å². The van der Waals surface area contributed by atoms with Gasteiger partial charge in [0.2, 0.25) is 0 Å². The van der Waals surface area contributed by atoms with Crippen LogP contribution < -0.4 is 5.32 Å². The number of nitrogens with one attached hydrogen (secondary N) is 1. The Balaban J connectivity index is 0.00000338. The molecule has 0 bridgehead atoms. The van der Waals surface area contributed by atoms with E-state index in [1.54, 1.807) is 0 Å². The van der Waals surface area contributed by atoms with Gasteiger partial charge in [-0.1, -0.05) is 6.07 Å². The first kappa shape index (κ1) is 22.8. The van der Waals surface area contributed by atoms with Crippen molar-refractivity contribution in [1.82, 2.24) is 10.2 Å². The smallest absolute Gasteiger partial charge is 0.314 e. The maximum absolute atomic E-state index is 13.4. The summed E-state index contributed by atoms with van der Waals surface area (Å²) in [5.74, 6) is 0. The summed E-state index contributed by atoms with van der Waals surface area (Å²) in [7, 11) is 0. The van der Waals surface area contributed by atoms with Gasteiger partial charge in [-0.25, -0.2) is 0 Å². The maximum atomic E-state index is 13.4. The molecule has 2 rings (SSSR count). The predicted octanol–water partition coefficient (Wildman–Crippen LogP) is 4.65. The molecule has 1 aromatic rings. The lowest BCUT2D eigenvalue weighted by Crippen LogP contribution is -2.49. The van der Waals surface area contributed by atoms with Gasteiger partial charge < -0.3 is 5.32 Å². The fourth-order valence-corrected chi connectivity index (χ4v) is 2.74. The zero-order chi connectivity index (χ0) is 19.0. The van der Waals surface area contributed by atoms with Crippen LogP contribution in [0.15, 0.2) is 18.2 Å². The zero-order valence-corrected chi connectivity index (χ0v) is 13.7. The molecule has 150 valence electrons. The SMILES string of the molecule is Cl.FC(F)(F)c1ccc([C@@H](N2CCNCC2)C(F)(F)F)c(C(F)(F)F)c1. The molecule has 0 aromatic heterocycles. The Morgan fingerprint density at radius 2 is 1.38 bits per heavy atom. The quantitative estimate of drug-likeness (QED) is 0.706. The average molecular weight is 417 g/mol. The van der Waals surface area contributed by atoms with Crippen LogP contribution in [0.2, 0.25) is 0 Å².